The normalized spacial score (nSPS) is 18.0. The van der Waals surface area contributed by atoms with E-state index in [2.05, 4.69) is 14.8 Å². The van der Waals surface area contributed by atoms with E-state index in [1.165, 1.54) is 14.0 Å². The second-order valence-corrected chi connectivity index (χ2v) is 4.27. The maximum atomic E-state index is 10.8. The lowest BCUT2D eigenvalue weighted by molar-refractivity contribution is -0.139. The Morgan fingerprint density at radius 3 is 2.58 bits per heavy atom. The van der Waals surface area contributed by atoms with Crippen LogP contribution < -0.4 is 5.48 Å². The van der Waals surface area contributed by atoms with Gasteiger partial charge in [-0.3, -0.25) is 0 Å². The zero-order valence-corrected chi connectivity index (χ0v) is 8.13. The molecule has 0 heterocycles. The molecule has 0 fully saturated rings. The number of rotatable bonds is 4. The highest BCUT2D eigenvalue weighted by molar-refractivity contribution is 7.80. The zero-order valence-electron chi connectivity index (χ0n) is 6.48. The van der Waals surface area contributed by atoms with Crippen molar-refractivity contribution in [1.29, 1.82) is 0 Å². The van der Waals surface area contributed by atoms with Crippen molar-refractivity contribution in [1.82, 2.24) is 5.48 Å². The smallest absolute Gasteiger partial charge is 0.379 e. The minimum absolute atomic E-state index is 0.853. The van der Waals surface area contributed by atoms with Gasteiger partial charge in [-0.15, -0.1) is 0 Å². The molecular formula is C4H9ClNO5P. The van der Waals surface area contributed by atoms with E-state index in [4.69, 9.17) is 16.1 Å². The quantitative estimate of drug-likeness (QED) is 0.524. The van der Waals surface area contributed by atoms with Gasteiger partial charge in [0, 0.05) is 11.2 Å². The summed E-state index contributed by atoms with van der Waals surface area (Å²) in [4.78, 5) is 23.6. The summed E-state index contributed by atoms with van der Waals surface area (Å²) >= 11 is 4.77. The Morgan fingerprint density at radius 1 is 1.75 bits per heavy atom. The van der Waals surface area contributed by atoms with Gasteiger partial charge >= 0.3 is 12.9 Å². The molecule has 0 aliphatic carbocycles. The van der Waals surface area contributed by atoms with Crippen LogP contribution >= 0.6 is 18.2 Å². The van der Waals surface area contributed by atoms with Crippen LogP contribution in [-0.4, -0.2) is 24.0 Å². The van der Waals surface area contributed by atoms with Crippen molar-refractivity contribution in [2.24, 2.45) is 0 Å². The third-order valence-electron chi connectivity index (χ3n) is 0.851. The average Bonchev–Trinajstić information content (AvgIpc) is 1.84. The number of carbonyl (C=O) groups is 1. The number of hydrogen-bond donors (Lipinski definition) is 2. The lowest BCUT2D eigenvalue weighted by Crippen LogP contribution is -2.33. The van der Waals surface area contributed by atoms with Crippen LogP contribution in [-0.2, 0) is 18.7 Å². The molecule has 2 N–H and O–H groups in total. The van der Waals surface area contributed by atoms with E-state index < -0.39 is 19.0 Å². The number of carbonyl (C=O) groups excluding carboxylic acids is 1. The summed E-state index contributed by atoms with van der Waals surface area (Å²) in [6.45, 7) is -2.88. The van der Waals surface area contributed by atoms with Gasteiger partial charge in [-0.2, -0.15) is 5.48 Å². The fourth-order valence-electron chi connectivity index (χ4n) is 0.415. The third-order valence-corrected chi connectivity index (χ3v) is 1.46. The molecule has 72 valence electrons. The minimum atomic E-state index is -4.27. The standard InChI is InChI=1S/C4H9ClNO5P/c1-3(6-10-2)4(7)11-12(5,8)9/h3,6H,1-2H3,(H,8,9). The molecule has 0 amide bonds. The predicted molar refractivity (Wildman–Crippen MR) is 41.4 cm³/mol. The first-order valence-corrected chi connectivity index (χ1v) is 5.39. The molecule has 0 aliphatic rings. The Bertz CT molecular complexity index is 204. The van der Waals surface area contributed by atoms with Crippen LogP contribution in [0.4, 0.5) is 0 Å². The lowest BCUT2D eigenvalue weighted by atomic mass is 10.4. The highest BCUT2D eigenvalue weighted by atomic mass is 35.7. The molecular weight excluding hydrogens is 208 g/mol. The van der Waals surface area contributed by atoms with Gasteiger partial charge in [-0.25, -0.2) is 9.36 Å². The topological polar surface area (TPSA) is 84.9 Å². The molecule has 0 radical (unpaired) electrons. The number of halogens is 1. The van der Waals surface area contributed by atoms with E-state index in [0.29, 0.717) is 0 Å². The lowest BCUT2D eigenvalue weighted by Gasteiger charge is -2.10. The fourth-order valence-corrected chi connectivity index (χ4v) is 0.999. The molecule has 12 heavy (non-hydrogen) atoms. The van der Waals surface area contributed by atoms with Crippen molar-refractivity contribution < 1.29 is 23.6 Å². The molecule has 0 rings (SSSR count). The molecule has 0 spiro atoms. The van der Waals surface area contributed by atoms with Crippen molar-refractivity contribution in [3.63, 3.8) is 0 Å². The van der Waals surface area contributed by atoms with Gasteiger partial charge in [-0.05, 0) is 6.92 Å². The van der Waals surface area contributed by atoms with Crippen molar-refractivity contribution in [3.05, 3.63) is 0 Å². The van der Waals surface area contributed by atoms with Crippen LogP contribution in [0.15, 0.2) is 0 Å². The van der Waals surface area contributed by atoms with Crippen LogP contribution in [0.25, 0.3) is 0 Å². The van der Waals surface area contributed by atoms with Gasteiger partial charge in [0.1, 0.15) is 6.04 Å². The molecule has 0 aromatic rings. The summed E-state index contributed by atoms with van der Waals surface area (Å²) in [7, 11) is 1.29. The van der Waals surface area contributed by atoms with Gasteiger partial charge in [0.05, 0.1) is 7.11 Å². The molecule has 2 unspecified atom stereocenters. The molecule has 2 atom stereocenters. The molecule has 0 saturated heterocycles. The zero-order chi connectivity index (χ0) is 9.78. The Morgan fingerprint density at radius 2 is 2.25 bits per heavy atom. The van der Waals surface area contributed by atoms with Crippen LogP contribution in [0.3, 0.4) is 0 Å². The highest BCUT2D eigenvalue weighted by Crippen LogP contribution is 2.47. The highest BCUT2D eigenvalue weighted by Gasteiger charge is 2.24. The largest absolute Gasteiger partial charge is 0.476 e. The van der Waals surface area contributed by atoms with Crippen molar-refractivity contribution in [3.8, 4) is 0 Å². The summed E-state index contributed by atoms with van der Waals surface area (Å²) in [5, 5.41) is 0. The summed E-state index contributed by atoms with van der Waals surface area (Å²) in [6, 6.07) is -0.853. The Kier molecular flexibility index (Phi) is 4.74. The second-order valence-electron chi connectivity index (χ2n) is 1.91. The van der Waals surface area contributed by atoms with E-state index in [-0.39, 0.29) is 0 Å². The Labute approximate surface area is 74.1 Å². The molecule has 0 saturated carbocycles. The van der Waals surface area contributed by atoms with E-state index >= 15 is 0 Å². The first kappa shape index (κ1) is 11.9. The van der Waals surface area contributed by atoms with Gasteiger partial charge in [0.2, 0.25) is 0 Å². The molecule has 0 aromatic carbocycles. The Hall–Kier alpha value is -0.130. The fraction of sp³-hybridized carbons (Fsp3) is 0.750. The predicted octanol–water partition coefficient (Wildman–Crippen LogP) is 0.408. The molecule has 0 aromatic heterocycles. The monoisotopic (exact) mass is 217 g/mol. The van der Waals surface area contributed by atoms with Crippen LogP contribution in [0.1, 0.15) is 6.92 Å². The van der Waals surface area contributed by atoms with Crippen LogP contribution in [0.5, 0.6) is 0 Å². The van der Waals surface area contributed by atoms with Crippen LogP contribution in [0, 0.1) is 0 Å². The van der Waals surface area contributed by atoms with E-state index in [1.807, 2.05) is 0 Å². The summed E-state index contributed by atoms with van der Waals surface area (Å²) in [6.07, 6.45) is 0. The number of hydroxylamine groups is 1. The van der Waals surface area contributed by atoms with Gasteiger partial charge in [-0.1, -0.05) is 0 Å². The molecule has 6 nitrogen and oxygen atoms in total. The van der Waals surface area contributed by atoms with Gasteiger partial charge in [0.15, 0.2) is 0 Å². The molecule has 0 aliphatic heterocycles. The molecule has 0 bridgehead atoms. The third kappa shape index (κ3) is 5.51. The average molecular weight is 218 g/mol. The van der Waals surface area contributed by atoms with Crippen LogP contribution in [0.2, 0.25) is 0 Å². The SMILES string of the molecule is CONC(C)C(=O)OP(=O)(O)Cl. The maximum absolute atomic E-state index is 10.8. The number of hydrogen-bond acceptors (Lipinski definition) is 5. The first-order chi connectivity index (χ1) is 5.37. The first-order valence-electron chi connectivity index (χ1n) is 2.91. The van der Waals surface area contributed by atoms with Gasteiger partial charge < -0.3 is 14.3 Å². The second kappa shape index (κ2) is 4.79. The van der Waals surface area contributed by atoms with Crippen molar-refractivity contribution in [2.75, 3.05) is 7.11 Å². The minimum Gasteiger partial charge on any atom is -0.379 e. The van der Waals surface area contributed by atoms with E-state index in [0.717, 1.165) is 0 Å². The van der Waals surface area contributed by atoms with Crippen molar-refractivity contribution >= 4 is 24.2 Å². The van der Waals surface area contributed by atoms with Crippen molar-refractivity contribution in [2.45, 2.75) is 13.0 Å². The Balaban J connectivity index is 3.96. The van der Waals surface area contributed by atoms with E-state index in [1.54, 1.807) is 0 Å². The number of nitrogens with one attached hydrogen (secondary N) is 1. The maximum Gasteiger partial charge on any atom is 0.476 e. The summed E-state index contributed by atoms with van der Waals surface area (Å²) in [5.74, 6) is -0.960. The summed E-state index contributed by atoms with van der Waals surface area (Å²) in [5.41, 5.74) is 2.20. The van der Waals surface area contributed by atoms with E-state index in [9.17, 15) is 9.36 Å². The molecule has 8 heteroatoms. The van der Waals surface area contributed by atoms with Gasteiger partial charge in [0.25, 0.3) is 0 Å². The summed E-state index contributed by atoms with van der Waals surface area (Å²) < 4.78 is 14.3.